The largest absolute Gasteiger partial charge is 0.336 e. The number of fused-ring (bicyclic) bond motifs is 2. The van der Waals surface area contributed by atoms with E-state index in [1.54, 1.807) is 18.0 Å². The highest BCUT2D eigenvalue weighted by Gasteiger charge is 2.18. The number of benzene rings is 1. The molecule has 0 fully saturated rings. The number of aryl methyl sites for hydroxylation is 2. The van der Waals surface area contributed by atoms with Crippen molar-refractivity contribution in [3.05, 3.63) is 53.6 Å². The molecular weight excluding hydrogens is 330 g/mol. The van der Waals surface area contributed by atoms with Gasteiger partial charge in [0.1, 0.15) is 5.82 Å². The second-order valence-electron chi connectivity index (χ2n) is 6.27. The van der Waals surface area contributed by atoms with E-state index in [2.05, 4.69) is 26.6 Å². The SMILES string of the molecule is CCn1c(CN(C)C(=O)c2cnc3onc(C)c3c2)nc2ccccc21. The third-order valence-corrected chi connectivity index (χ3v) is 4.53. The summed E-state index contributed by atoms with van der Waals surface area (Å²) in [5.41, 5.74) is 3.68. The molecule has 1 amide bonds. The molecule has 0 saturated heterocycles. The Morgan fingerprint density at radius 2 is 2.12 bits per heavy atom. The number of hydrogen-bond donors (Lipinski definition) is 0. The fourth-order valence-electron chi connectivity index (χ4n) is 3.17. The average Bonchev–Trinajstić information content (AvgIpc) is 3.20. The van der Waals surface area contributed by atoms with Gasteiger partial charge in [0.05, 0.1) is 34.2 Å². The second kappa shape index (κ2) is 6.25. The first-order chi connectivity index (χ1) is 12.6. The van der Waals surface area contributed by atoms with E-state index in [0.29, 0.717) is 17.8 Å². The fourth-order valence-corrected chi connectivity index (χ4v) is 3.17. The Morgan fingerprint density at radius 1 is 1.31 bits per heavy atom. The number of rotatable bonds is 4. The standard InChI is InChI=1S/C19H19N5O2/c1-4-24-16-8-6-5-7-15(16)21-17(24)11-23(3)19(25)13-9-14-12(2)22-26-18(14)20-10-13/h5-10H,4,11H2,1-3H3. The lowest BCUT2D eigenvalue weighted by Crippen LogP contribution is -2.27. The Bertz CT molecular complexity index is 1110. The molecule has 0 radical (unpaired) electrons. The minimum Gasteiger partial charge on any atom is -0.336 e. The average molecular weight is 349 g/mol. The van der Waals surface area contributed by atoms with Gasteiger partial charge in [0.15, 0.2) is 0 Å². The molecule has 0 N–H and O–H groups in total. The molecule has 7 nitrogen and oxygen atoms in total. The zero-order valence-electron chi connectivity index (χ0n) is 14.9. The number of hydrogen-bond acceptors (Lipinski definition) is 5. The molecule has 3 aromatic heterocycles. The van der Waals surface area contributed by atoms with Gasteiger partial charge in [0, 0.05) is 19.8 Å². The number of amides is 1. The minimum absolute atomic E-state index is 0.116. The topological polar surface area (TPSA) is 77.0 Å². The summed E-state index contributed by atoms with van der Waals surface area (Å²) >= 11 is 0. The van der Waals surface area contributed by atoms with Crippen molar-refractivity contribution in [2.45, 2.75) is 26.9 Å². The van der Waals surface area contributed by atoms with Crippen LogP contribution in [-0.2, 0) is 13.1 Å². The summed E-state index contributed by atoms with van der Waals surface area (Å²) in [6.07, 6.45) is 1.52. The van der Waals surface area contributed by atoms with Gasteiger partial charge >= 0.3 is 0 Å². The highest BCUT2D eigenvalue weighted by molar-refractivity contribution is 5.96. The third-order valence-electron chi connectivity index (χ3n) is 4.53. The molecule has 132 valence electrons. The van der Waals surface area contributed by atoms with Crippen LogP contribution < -0.4 is 0 Å². The molecule has 0 aliphatic rings. The van der Waals surface area contributed by atoms with Crippen LogP contribution in [-0.4, -0.2) is 37.5 Å². The molecule has 0 saturated carbocycles. The van der Waals surface area contributed by atoms with Gasteiger partial charge < -0.3 is 14.0 Å². The molecule has 7 heteroatoms. The number of nitrogens with zero attached hydrogens (tertiary/aromatic N) is 5. The third kappa shape index (κ3) is 2.61. The first-order valence-electron chi connectivity index (χ1n) is 8.50. The summed E-state index contributed by atoms with van der Waals surface area (Å²) in [5, 5.41) is 4.63. The first-order valence-corrected chi connectivity index (χ1v) is 8.50. The molecule has 4 aromatic rings. The van der Waals surface area contributed by atoms with Crippen LogP contribution in [0.5, 0.6) is 0 Å². The highest BCUT2D eigenvalue weighted by atomic mass is 16.5. The van der Waals surface area contributed by atoms with Crippen molar-refractivity contribution in [3.63, 3.8) is 0 Å². The van der Waals surface area contributed by atoms with Gasteiger partial charge in [-0.2, -0.15) is 0 Å². The van der Waals surface area contributed by atoms with Gasteiger partial charge in [-0.25, -0.2) is 9.97 Å². The van der Waals surface area contributed by atoms with Crippen molar-refractivity contribution in [3.8, 4) is 0 Å². The van der Waals surface area contributed by atoms with Crippen LogP contribution in [0.2, 0.25) is 0 Å². The van der Waals surface area contributed by atoms with Crippen molar-refractivity contribution in [1.82, 2.24) is 24.6 Å². The van der Waals surface area contributed by atoms with E-state index in [1.807, 2.05) is 31.2 Å². The summed E-state index contributed by atoms with van der Waals surface area (Å²) < 4.78 is 7.23. The van der Waals surface area contributed by atoms with E-state index >= 15 is 0 Å². The number of aromatic nitrogens is 4. The lowest BCUT2D eigenvalue weighted by atomic mass is 10.2. The van der Waals surface area contributed by atoms with E-state index in [0.717, 1.165) is 34.5 Å². The zero-order chi connectivity index (χ0) is 18.3. The fraction of sp³-hybridized carbons (Fsp3) is 0.263. The lowest BCUT2D eigenvalue weighted by molar-refractivity contribution is 0.0780. The Hall–Kier alpha value is -3.22. The Labute approximate surface area is 150 Å². The summed E-state index contributed by atoms with van der Waals surface area (Å²) in [7, 11) is 1.77. The number of para-hydroxylation sites is 2. The molecule has 0 bridgehead atoms. The minimum atomic E-state index is -0.116. The summed E-state index contributed by atoms with van der Waals surface area (Å²) in [6.45, 7) is 5.12. The maximum absolute atomic E-state index is 12.8. The van der Waals surface area contributed by atoms with Crippen LogP contribution in [0.4, 0.5) is 0 Å². The Balaban J connectivity index is 1.63. The van der Waals surface area contributed by atoms with E-state index in [4.69, 9.17) is 4.52 Å². The zero-order valence-corrected chi connectivity index (χ0v) is 14.9. The first kappa shape index (κ1) is 16.3. The van der Waals surface area contributed by atoms with Crippen molar-refractivity contribution in [2.24, 2.45) is 0 Å². The van der Waals surface area contributed by atoms with E-state index < -0.39 is 0 Å². The van der Waals surface area contributed by atoms with Crippen molar-refractivity contribution in [2.75, 3.05) is 7.05 Å². The van der Waals surface area contributed by atoms with Gasteiger partial charge in [0.2, 0.25) is 0 Å². The summed E-state index contributed by atoms with van der Waals surface area (Å²) in [5.74, 6) is 0.745. The number of carbonyl (C=O) groups excluding carboxylic acids is 1. The van der Waals surface area contributed by atoms with Crippen LogP contribution in [0.1, 0.15) is 28.8 Å². The van der Waals surface area contributed by atoms with E-state index in [9.17, 15) is 4.79 Å². The molecule has 1 aromatic carbocycles. The van der Waals surface area contributed by atoms with Crippen LogP contribution in [0.3, 0.4) is 0 Å². The molecule has 3 heterocycles. The molecule has 0 spiro atoms. The van der Waals surface area contributed by atoms with Crippen LogP contribution in [0, 0.1) is 6.92 Å². The summed E-state index contributed by atoms with van der Waals surface area (Å²) in [6, 6.07) is 9.77. The molecule has 26 heavy (non-hydrogen) atoms. The van der Waals surface area contributed by atoms with Crippen LogP contribution >= 0.6 is 0 Å². The van der Waals surface area contributed by atoms with Gasteiger partial charge in [-0.05, 0) is 32.0 Å². The Kier molecular flexibility index (Phi) is 3.91. The van der Waals surface area contributed by atoms with Crippen molar-refractivity contribution < 1.29 is 9.32 Å². The van der Waals surface area contributed by atoms with Gasteiger partial charge in [-0.15, -0.1) is 0 Å². The van der Waals surface area contributed by atoms with Gasteiger partial charge in [-0.1, -0.05) is 17.3 Å². The molecule has 0 unspecified atom stereocenters. The molecule has 0 aliphatic heterocycles. The highest BCUT2D eigenvalue weighted by Crippen LogP contribution is 2.20. The predicted molar refractivity (Wildman–Crippen MR) is 97.7 cm³/mol. The normalized spacial score (nSPS) is 11.3. The van der Waals surface area contributed by atoms with Gasteiger partial charge in [0.25, 0.3) is 11.6 Å². The van der Waals surface area contributed by atoms with E-state index in [1.165, 1.54) is 6.20 Å². The van der Waals surface area contributed by atoms with Gasteiger partial charge in [-0.3, -0.25) is 4.79 Å². The second-order valence-corrected chi connectivity index (χ2v) is 6.27. The quantitative estimate of drug-likeness (QED) is 0.565. The smallest absolute Gasteiger partial charge is 0.257 e. The predicted octanol–water partition coefficient (Wildman–Crippen LogP) is 3.17. The molecule has 0 aliphatic carbocycles. The molecule has 4 rings (SSSR count). The number of imidazole rings is 1. The van der Waals surface area contributed by atoms with Crippen molar-refractivity contribution >= 4 is 28.0 Å². The maximum atomic E-state index is 12.8. The monoisotopic (exact) mass is 349 g/mol. The molecule has 0 atom stereocenters. The lowest BCUT2D eigenvalue weighted by Gasteiger charge is -2.17. The molecular formula is C19H19N5O2. The number of pyridine rings is 1. The van der Waals surface area contributed by atoms with Crippen molar-refractivity contribution in [1.29, 1.82) is 0 Å². The van der Waals surface area contributed by atoms with E-state index in [-0.39, 0.29) is 5.91 Å². The summed E-state index contributed by atoms with van der Waals surface area (Å²) in [4.78, 5) is 23.4. The maximum Gasteiger partial charge on any atom is 0.257 e. The number of carbonyl (C=O) groups is 1. The van der Waals surface area contributed by atoms with Crippen LogP contribution in [0.25, 0.3) is 22.1 Å². The van der Waals surface area contributed by atoms with Crippen LogP contribution in [0.15, 0.2) is 41.1 Å². The Morgan fingerprint density at radius 3 is 2.92 bits per heavy atom.